The van der Waals surface area contributed by atoms with Crippen molar-refractivity contribution >= 4 is 15.9 Å². The fraction of sp³-hybridized carbons (Fsp3) is 0.667. The average molecular weight is 393 g/mol. The van der Waals surface area contributed by atoms with Gasteiger partial charge in [-0.25, -0.2) is 8.42 Å². The van der Waals surface area contributed by atoms with E-state index in [0.717, 1.165) is 17.5 Å². The van der Waals surface area contributed by atoms with Crippen LogP contribution >= 0.6 is 0 Å². The summed E-state index contributed by atoms with van der Waals surface area (Å²) in [5, 5.41) is 3.23. The van der Waals surface area contributed by atoms with Crippen LogP contribution in [0.4, 0.5) is 0 Å². The van der Waals surface area contributed by atoms with Crippen molar-refractivity contribution < 1.29 is 13.2 Å². The van der Waals surface area contributed by atoms with Crippen LogP contribution in [0.25, 0.3) is 0 Å². The van der Waals surface area contributed by atoms with Gasteiger partial charge in [0.15, 0.2) is 0 Å². The zero-order valence-electron chi connectivity index (χ0n) is 16.7. The van der Waals surface area contributed by atoms with E-state index in [1.165, 1.54) is 23.6 Å². The minimum absolute atomic E-state index is 0.0784. The number of rotatable bonds is 4. The Balaban J connectivity index is 1.59. The molecule has 0 radical (unpaired) electrons. The predicted molar refractivity (Wildman–Crippen MR) is 107 cm³/mol. The van der Waals surface area contributed by atoms with Crippen LogP contribution in [-0.2, 0) is 14.8 Å². The van der Waals surface area contributed by atoms with E-state index in [9.17, 15) is 13.2 Å². The molecule has 150 valence electrons. The molecule has 6 heteroatoms. The highest BCUT2D eigenvalue weighted by molar-refractivity contribution is 7.89. The van der Waals surface area contributed by atoms with Crippen molar-refractivity contribution in [3.8, 4) is 0 Å². The highest BCUT2D eigenvalue weighted by Gasteiger charge is 2.33. The molecular formula is C21H32N2O3S. The summed E-state index contributed by atoms with van der Waals surface area (Å²) in [6.07, 6.45) is 5.86. The zero-order chi connectivity index (χ0) is 19.6. The Labute approximate surface area is 163 Å². The maximum Gasteiger partial charge on any atom is 0.243 e. The van der Waals surface area contributed by atoms with E-state index in [1.807, 2.05) is 19.9 Å². The first-order valence-corrected chi connectivity index (χ1v) is 11.6. The molecular weight excluding hydrogens is 360 g/mol. The van der Waals surface area contributed by atoms with E-state index in [2.05, 4.69) is 12.2 Å². The van der Waals surface area contributed by atoms with E-state index in [0.29, 0.717) is 36.7 Å². The standard InChI is InChI=1S/C21H32N2O3S/c1-15-8-9-19(14-17(15)3)27(25,26)23-12-10-18(11-13-23)21(24)22-20-7-5-4-6-16(20)2/h8-9,14,16,18,20H,4-7,10-13H2,1-3H3,(H,22,24). The Bertz CT molecular complexity index is 783. The molecule has 2 fully saturated rings. The normalized spacial score (nSPS) is 25.3. The lowest BCUT2D eigenvalue weighted by atomic mass is 9.85. The molecule has 5 nitrogen and oxygen atoms in total. The van der Waals surface area contributed by atoms with E-state index in [4.69, 9.17) is 0 Å². The van der Waals surface area contributed by atoms with Gasteiger partial charge in [-0.3, -0.25) is 4.79 Å². The Morgan fingerprint density at radius 2 is 1.70 bits per heavy atom. The van der Waals surface area contributed by atoms with Crippen molar-refractivity contribution in [1.82, 2.24) is 9.62 Å². The molecule has 1 aromatic rings. The number of aryl methyl sites for hydroxylation is 2. The van der Waals surface area contributed by atoms with Crippen molar-refractivity contribution in [3.63, 3.8) is 0 Å². The summed E-state index contributed by atoms with van der Waals surface area (Å²) >= 11 is 0. The van der Waals surface area contributed by atoms with E-state index in [-0.39, 0.29) is 17.9 Å². The fourth-order valence-electron chi connectivity index (χ4n) is 4.21. The molecule has 1 N–H and O–H groups in total. The van der Waals surface area contributed by atoms with Crippen LogP contribution in [0.1, 0.15) is 56.6 Å². The number of carbonyl (C=O) groups is 1. The molecule has 1 saturated heterocycles. The third-order valence-corrected chi connectivity index (χ3v) is 8.27. The molecule has 0 bridgehead atoms. The molecule has 1 aliphatic heterocycles. The second-order valence-electron chi connectivity index (χ2n) is 8.30. The van der Waals surface area contributed by atoms with Gasteiger partial charge < -0.3 is 5.32 Å². The van der Waals surface area contributed by atoms with Crippen LogP contribution < -0.4 is 5.32 Å². The fourth-order valence-corrected chi connectivity index (χ4v) is 5.77. The summed E-state index contributed by atoms with van der Waals surface area (Å²) in [6.45, 7) is 6.93. The van der Waals surface area contributed by atoms with Crippen molar-refractivity contribution in [3.05, 3.63) is 29.3 Å². The third kappa shape index (κ3) is 4.54. The molecule has 0 spiro atoms. The van der Waals surface area contributed by atoms with Crippen LogP contribution in [0.5, 0.6) is 0 Å². The Morgan fingerprint density at radius 3 is 2.33 bits per heavy atom. The number of piperidine rings is 1. The van der Waals surface area contributed by atoms with E-state index >= 15 is 0 Å². The van der Waals surface area contributed by atoms with Crippen LogP contribution in [-0.4, -0.2) is 37.8 Å². The summed E-state index contributed by atoms with van der Waals surface area (Å²) in [5.41, 5.74) is 2.06. The molecule has 27 heavy (non-hydrogen) atoms. The molecule has 1 aliphatic carbocycles. The first-order chi connectivity index (χ1) is 12.8. The third-order valence-electron chi connectivity index (χ3n) is 6.38. The summed E-state index contributed by atoms with van der Waals surface area (Å²) in [6, 6.07) is 5.56. The van der Waals surface area contributed by atoms with Crippen molar-refractivity contribution in [2.75, 3.05) is 13.1 Å². The van der Waals surface area contributed by atoms with Crippen molar-refractivity contribution in [2.45, 2.75) is 70.2 Å². The van der Waals surface area contributed by atoms with Crippen molar-refractivity contribution in [2.24, 2.45) is 11.8 Å². The molecule has 1 aromatic carbocycles. The van der Waals surface area contributed by atoms with E-state index < -0.39 is 10.0 Å². The maximum atomic E-state index is 12.9. The first kappa shape index (κ1) is 20.3. The molecule has 1 amide bonds. The predicted octanol–water partition coefficient (Wildman–Crippen LogP) is 3.40. The van der Waals surface area contributed by atoms with Gasteiger partial charge in [0, 0.05) is 25.0 Å². The van der Waals surface area contributed by atoms with Crippen LogP contribution in [0.2, 0.25) is 0 Å². The zero-order valence-corrected chi connectivity index (χ0v) is 17.5. The minimum Gasteiger partial charge on any atom is -0.353 e. The second kappa shape index (κ2) is 8.31. The smallest absolute Gasteiger partial charge is 0.243 e. The molecule has 1 heterocycles. The quantitative estimate of drug-likeness (QED) is 0.854. The van der Waals surface area contributed by atoms with Crippen LogP contribution in [0.3, 0.4) is 0 Å². The second-order valence-corrected chi connectivity index (χ2v) is 10.2. The number of carbonyl (C=O) groups excluding carboxylic acids is 1. The van der Waals surface area contributed by atoms with Gasteiger partial charge in [-0.05, 0) is 68.7 Å². The monoisotopic (exact) mass is 392 g/mol. The van der Waals surface area contributed by atoms with Gasteiger partial charge >= 0.3 is 0 Å². The average Bonchev–Trinajstić information content (AvgIpc) is 2.65. The molecule has 2 aliphatic rings. The van der Waals surface area contributed by atoms with Crippen molar-refractivity contribution in [1.29, 1.82) is 0 Å². The molecule has 0 aromatic heterocycles. The molecule has 1 saturated carbocycles. The number of amides is 1. The highest BCUT2D eigenvalue weighted by atomic mass is 32.2. The lowest BCUT2D eigenvalue weighted by molar-refractivity contribution is -0.127. The first-order valence-electron chi connectivity index (χ1n) is 10.2. The van der Waals surface area contributed by atoms with Gasteiger partial charge in [0.05, 0.1) is 4.90 Å². The van der Waals surface area contributed by atoms with E-state index in [1.54, 1.807) is 12.1 Å². The number of nitrogens with zero attached hydrogens (tertiary/aromatic N) is 1. The lowest BCUT2D eigenvalue weighted by Crippen LogP contribution is -2.47. The van der Waals surface area contributed by atoms with Gasteiger partial charge in [0.2, 0.25) is 15.9 Å². The van der Waals surface area contributed by atoms with Gasteiger partial charge in [-0.15, -0.1) is 0 Å². The van der Waals surface area contributed by atoms with Gasteiger partial charge in [0.25, 0.3) is 0 Å². The highest BCUT2D eigenvalue weighted by Crippen LogP contribution is 2.27. The van der Waals surface area contributed by atoms with Crippen LogP contribution in [0, 0.1) is 25.7 Å². The SMILES string of the molecule is Cc1ccc(S(=O)(=O)N2CCC(C(=O)NC3CCCCC3C)CC2)cc1C. The van der Waals surface area contributed by atoms with Crippen LogP contribution in [0.15, 0.2) is 23.1 Å². The molecule has 3 rings (SSSR count). The largest absolute Gasteiger partial charge is 0.353 e. The maximum absolute atomic E-state index is 12.9. The minimum atomic E-state index is -3.48. The molecule has 2 unspecified atom stereocenters. The Hall–Kier alpha value is -1.40. The molecule has 2 atom stereocenters. The number of benzene rings is 1. The summed E-state index contributed by atoms with van der Waals surface area (Å²) in [4.78, 5) is 13.0. The number of sulfonamides is 1. The Kier molecular flexibility index (Phi) is 6.26. The Morgan fingerprint density at radius 1 is 1.04 bits per heavy atom. The summed E-state index contributed by atoms with van der Waals surface area (Å²) in [5.74, 6) is 0.565. The number of hydrogen-bond donors (Lipinski definition) is 1. The summed E-state index contributed by atoms with van der Waals surface area (Å²) in [7, 11) is -3.48. The number of hydrogen-bond acceptors (Lipinski definition) is 3. The topological polar surface area (TPSA) is 66.5 Å². The van der Waals surface area contributed by atoms with Gasteiger partial charge in [-0.2, -0.15) is 4.31 Å². The number of nitrogens with one attached hydrogen (secondary N) is 1. The lowest BCUT2D eigenvalue weighted by Gasteiger charge is -2.34. The summed E-state index contributed by atoms with van der Waals surface area (Å²) < 4.78 is 27.4. The van der Waals surface area contributed by atoms with Gasteiger partial charge in [0.1, 0.15) is 0 Å². The van der Waals surface area contributed by atoms with Gasteiger partial charge in [-0.1, -0.05) is 25.8 Å².